The molecule has 0 spiro atoms. The van der Waals surface area contributed by atoms with Gasteiger partial charge in [0.2, 0.25) is 0 Å². The predicted octanol–water partition coefficient (Wildman–Crippen LogP) is 2.08. The predicted molar refractivity (Wildman–Crippen MR) is 79.2 cm³/mol. The smallest absolute Gasteiger partial charge is 0.139 e. The SMILES string of the molecule is Bc1ccc(Cc2ccc3ccccc3n2)cc1. The number of rotatable bonds is 2. The van der Waals surface area contributed by atoms with Gasteiger partial charge in [0, 0.05) is 17.5 Å². The number of hydrogen-bond acceptors (Lipinski definition) is 1. The molecule has 1 heterocycles. The van der Waals surface area contributed by atoms with E-state index in [4.69, 9.17) is 4.98 Å². The standard InChI is InChI=1S/C16H14BN/c17-14-8-5-12(6-9-14)11-15-10-7-13-3-1-2-4-16(13)18-15/h1-10H,11,17H2. The third-order valence-electron chi connectivity index (χ3n) is 3.16. The van der Waals surface area contributed by atoms with Crippen LogP contribution in [0.15, 0.2) is 60.7 Å². The van der Waals surface area contributed by atoms with Crippen LogP contribution in [-0.4, -0.2) is 12.8 Å². The van der Waals surface area contributed by atoms with Crippen molar-refractivity contribution in [3.05, 3.63) is 71.9 Å². The van der Waals surface area contributed by atoms with E-state index >= 15 is 0 Å². The molecule has 0 bridgehead atoms. The maximum atomic E-state index is 4.69. The van der Waals surface area contributed by atoms with Crippen molar-refractivity contribution in [3.63, 3.8) is 0 Å². The van der Waals surface area contributed by atoms with Gasteiger partial charge in [0.1, 0.15) is 7.85 Å². The molecule has 3 rings (SSSR count). The van der Waals surface area contributed by atoms with Gasteiger partial charge in [-0.25, -0.2) is 0 Å². The third-order valence-corrected chi connectivity index (χ3v) is 3.16. The zero-order chi connectivity index (χ0) is 12.4. The van der Waals surface area contributed by atoms with Crippen molar-refractivity contribution < 1.29 is 0 Å². The summed E-state index contributed by atoms with van der Waals surface area (Å²) in [5, 5.41) is 1.20. The van der Waals surface area contributed by atoms with E-state index < -0.39 is 0 Å². The Labute approximate surface area is 108 Å². The Balaban J connectivity index is 1.92. The van der Waals surface area contributed by atoms with Crippen molar-refractivity contribution in [2.45, 2.75) is 6.42 Å². The minimum Gasteiger partial charge on any atom is -0.252 e. The summed E-state index contributed by atoms with van der Waals surface area (Å²) in [4.78, 5) is 4.69. The molecule has 2 aromatic carbocycles. The molecule has 0 aliphatic carbocycles. The average Bonchev–Trinajstić information content (AvgIpc) is 2.41. The average molecular weight is 231 g/mol. The third kappa shape index (κ3) is 2.28. The Bertz CT molecular complexity index is 674. The first-order valence-corrected chi connectivity index (χ1v) is 6.21. The highest BCUT2D eigenvalue weighted by molar-refractivity contribution is 6.32. The van der Waals surface area contributed by atoms with Gasteiger partial charge in [-0.2, -0.15) is 0 Å². The van der Waals surface area contributed by atoms with E-state index in [0.29, 0.717) is 0 Å². The summed E-state index contributed by atoms with van der Waals surface area (Å²) in [5.74, 6) is 0. The zero-order valence-electron chi connectivity index (χ0n) is 10.4. The fraction of sp³-hybridized carbons (Fsp3) is 0.0625. The van der Waals surface area contributed by atoms with Gasteiger partial charge >= 0.3 is 0 Å². The molecule has 0 N–H and O–H groups in total. The van der Waals surface area contributed by atoms with Crippen LogP contribution in [0.1, 0.15) is 11.3 Å². The number of nitrogens with zero attached hydrogens (tertiary/aromatic N) is 1. The van der Waals surface area contributed by atoms with Crippen LogP contribution >= 0.6 is 0 Å². The maximum Gasteiger partial charge on any atom is 0.139 e. The topological polar surface area (TPSA) is 12.9 Å². The second-order valence-electron chi connectivity index (χ2n) is 4.66. The largest absolute Gasteiger partial charge is 0.252 e. The molecule has 1 aromatic heterocycles. The molecule has 0 unspecified atom stereocenters. The van der Waals surface area contributed by atoms with Gasteiger partial charge in [-0.15, -0.1) is 0 Å². The molecule has 0 aliphatic rings. The summed E-state index contributed by atoms with van der Waals surface area (Å²) in [6.45, 7) is 0. The van der Waals surface area contributed by atoms with Gasteiger partial charge in [0.25, 0.3) is 0 Å². The van der Waals surface area contributed by atoms with Gasteiger partial charge in [-0.1, -0.05) is 54.0 Å². The van der Waals surface area contributed by atoms with Crippen LogP contribution in [0.3, 0.4) is 0 Å². The zero-order valence-corrected chi connectivity index (χ0v) is 10.4. The lowest BCUT2D eigenvalue weighted by molar-refractivity contribution is 1.10. The molecule has 0 saturated carbocycles. The highest BCUT2D eigenvalue weighted by Gasteiger charge is 1.99. The normalized spacial score (nSPS) is 10.7. The van der Waals surface area contributed by atoms with Crippen molar-refractivity contribution in [3.8, 4) is 0 Å². The molecular formula is C16H14BN. The van der Waals surface area contributed by atoms with Crippen molar-refractivity contribution in [2.75, 3.05) is 0 Å². The Hall–Kier alpha value is -2.09. The summed E-state index contributed by atoms with van der Waals surface area (Å²) >= 11 is 0. The van der Waals surface area contributed by atoms with E-state index in [9.17, 15) is 0 Å². The molecule has 0 atom stereocenters. The summed E-state index contributed by atoms with van der Waals surface area (Å²) in [5.41, 5.74) is 4.80. The van der Waals surface area contributed by atoms with Gasteiger partial charge in [0.05, 0.1) is 5.52 Å². The Morgan fingerprint density at radius 1 is 0.833 bits per heavy atom. The van der Waals surface area contributed by atoms with Crippen LogP contribution in [0, 0.1) is 0 Å². The number of aromatic nitrogens is 1. The first kappa shape index (κ1) is 11.0. The van der Waals surface area contributed by atoms with Crippen molar-refractivity contribution in [1.29, 1.82) is 0 Å². The fourth-order valence-corrected chi connectivity index (χ4v) is 2.12. The molecule has 2 heteroatoms. The van der Waals surface area contributed by atoms with E-state index in [1.165, 1.54) is 16.4 Å². The fourth-order valence-electron chi connectivity index (χ4n) is 2.12. The maximum absolute atomic E-state index is 4.69. The summed E-state index contributed by atoms with van der Waals surface area (Å²) < 4.78 is 0. The molecule has 0 fully saturated rings. The lowest BCUT2D eigenvalue weighted by Gasteiger charge is -2.04. The van der Waals surface area contributed by atoms with Crippen LogP contribution in [-0.2, 0) is 6.42 Å². The Morgan fingerprint density at radius 2 is 1.61 bits per heavy atom. The van der Waals surface area contributed by atoms with Crippen LogP contribution in [0.5, 0.6) is 0 Å². The molecular weight excluding hydrogens is 217 g/mol. The molecule has 3 aromatic rings. The van der Waals surface area contributed by atoms with E-state index in [2.05, 4.69) is 56.4 Å². The number of hydrogen-bond donors (Lipinski definition) is 0. The lowest BCUT2D eigenvalue weighted by atomic mass is 9.94. The Morgan fingerprint density at radius 3 is 2.44 bits per heavy atom. The quantitative estimate of drug-likeness (QED) is 0.615. The number of benzene rings is 2. The lowest BCUT2D eigenvalue weighted by Crippen LogP contribution is -2.01. The first-order valence-electron chi connectivity index (χ1n) is 6.21. The van der Waals surface area contributed by atoms with Gasteiger partial charge in [0.15, 0.2) is 0 Å². The number of para-hydroxylation sites is 1. The molecule has 1 nitrogen and oxygen atoms in total. The van der Waals surface area contributed by atoms with Gasteiger partial charge in [-0.05, 0) is 17.7 Å². The number of fused-ring (bicyclic) bond motifs is 1. The minimum atomic E-state index is 0.894. The second-order valence-corrected chi connectivity index (χ2v) is 4.66. The molecule has 0 radical (unpaired) electrons. The highest BCUT2D eigenvalue weighted by Crippen LogP contribution is 2.14. The molecule has 0 amide bonds. The summed E-state index contributed by atoms with van der Waals surface area (Å²) in [6.07, 6.45) is 0.894. The van der Waals surface area contributed by atoms with Crippen molar-refractivity contribution >= 4 is 24.2 Å². The highest BCUT2D eigenvalue weighted by atomic mass is 14.7. The first-order chi connectivity index (χ1) is 8.81. The van der Waals surface area contributed by atoms with Gasteiger partial charge < -0.3 is 0 Å². The van der Waals surface area contributed by atoms with E-state index in [0.717, 1.165) is 17.6 Å². The van der Waals surface area contributed by atoms with E-state index in [1.807, 2.05) is 12.1 Å². The van der Waals surface area contributed by atoms with Crippen LogP contribution < -0.4 is 5.46 Å². The van der Waals surface area contributed by atoms with Crippen molar-refractivity contribution in [1.82, 2.24) is 4.98 Å². The number of pyridine rings is 1. The van der Waals surface area contributed by atoms with E-state index in [-0.39, 0.29) is 0 Å². The molecule has 0 aliphatic heterocycles. The summed E-state index contributed by atoms with van der Waals surface area (Å²) in [6, 6.07) is 21.1. The Kier molecular flexibility index (Phi) is 2.85. The monoisotopic (exact) mass is 231 g/mol. The van der Waals surface area contributed by atoms with Crippen LogP contribution in [0.4, 0.5) is 0 Å². The van der Waals surface area contributed by atoms with Crippen LogP contribution in [0.25, 0.3) is 10.9 Å². The molecule has 86 valence electrons. The van der Waals surface area contributed by atoms with Gasteiger partial charge in [-0.3, -0.25) is 4.98 Å². The van der Waals surface area contributed by atoms with Crippen LogP contribution in [0.2, 0.25) is 0 Å². The molecule has 18 heavy (non-hydrogen) atoms. The van der Waals surface area contributed by atoms with Crippen molar-refractivity contribution in [2.24, 2.45) is 0 Å². The second kappa shape index (κ2) is 4.65. The molecule has 0 saturated heterocycles. The minimum absolute atomic E-state index is 0.894. The van der Waals surface area contributed by atoms with E-state index in [1.54, 1.807) is 0 Å². The summed E-state index contributed by atoms with van der Waals surface area (Å²) in [7, 11) is 2.11.